The van der Waals surface area contributed by atoms with Crippen molar-refractivity contribution in [2.75, 3.05) is 52.5 Å². The van der Waals surface area contributed by atoms with Gasteiger partial charge in [-0.3, -0.25) is 4.79 Å². The molecule has 4 aliphatic rings. The fourth-order valence-electron chi connectivity index (χ4n) is 5.01. The van der Waals surface area contributed by atoms with E-state index in [0.717, 1.165) is 84.5 Å². The van der Waals surface area contributed by atoms with Crippen LogP contribution in [0.3, 0.4) is 0 Å². The predicted molar refractivity (Wildman–Crippen MR) is 89.6 cm³/mol. The lowest BCUT2D eigenvalue weighted by Crippen LogP contribution is -2.45. The molecule has 0 bridgehead atoms. The van der Waals surface area contributed by atoms with E-state index in [0.29, 0.717) is 6.54 Å². The first-order valence-corrected chi connectivity index (χ1v) is 9.60. The van der Waals surface area contributed by atoms with Crippen LogP contribution in [0.5, 0.6) is 0 Å². The standard InChI is InChI=1S/C18H29N3O3/c22-16(19-7-1-2-8-19)15-13-21(17(23)20-9-3-4-10-20)14-18(15)5-11-24-12-6-18/h15H,1-14H2. The zero-order chi connectivity index (χ0) is 16.6. The number of amides is 3. The molecule has 0 radical (unpaired) electrons. The molecule has 4 saturated heterocycles. The molecular formula is C18H29N3O3. The third kappa shape index (κ3) is 2.79. The fraction of sp³-hybridized carbons (Fsp3) is 0.889. The van der Waals surface area contributed by atoms with E-state index in [9.17, 15) is 9.59 Å². The first kappa shape index (κ1) is 16.2. The summed E-state index contributed by atoms with van der Waals surface area (Å²) in [5.74, 6) is 0.247. The van der Waals surface area contributed by atoms with Crippen molar-refractivity contribution in [2.45, 2.75) is 38.5 Å². The van der Waals surface area contributed by atoms with Gasteiger partial charge in [-0.15, -0.1) is 0 Å². The summed E-state index contributed by atoms with van der Waals surface area (Å²) in [6.07, 6.45) is 6.25. The lowest BCUT2D eigenvalue weighted by atomic mass is 9.71. The molecule has 1 unspecified atom stereocenters. The predicted octanol–water partition coefficient (Wildman–Crippen LogP) is 1.55. The maximum Gasteiger partial charge on any atom is 0.320 e. The molecule has 6 heteroatoms. The number of carbonyl (C=O) groups is 2. The number of hydrogen-bond acceptors (Lipinski definition) is 3. The second-order valence-corrected chi connectivity index (χ2v) is 7.92. The largest absolute Gasteiger partial charge is 0.381 e. The number of nitrogens with zero attached hydrogens (tertiary/aromatic N) is 3. The molecular weight excluding hydrogens is 306 g/mol. The molecule has 4 fully saturated rings. The van der Waals surface area contributed by atoms with Crippen LogP contribution in [0.4, 0.5) is 4.79 Å². The molecule has 0 N–H and O–H groups in total. The van der Waals surface area contributed by atoms with Gasteiger partial charge in [-0.1, -0.05) is 0 Å². The van der Waals surface area contributed by atoms with Gasteiger partial charge in [0.15, 0.2) is 0 Å². The van der Waals surface area contributed by atoms with Crippen LogP contribution in [0, 0.1) is 11.3 Å². The van der Waals surface area contributed by atoms with Crippen LogP contribution in [-0.2, 0) is 9.53 Å². The lowest BCUT2D eigenvalue weighted by Gasteiger charge is -2.38. The molecule has 3 amide bonds. The van der Waals surface area contributed by atoms with Crippen molar-refractivity contribution in [2.24, 2.45) is 11.3 Å². The van der Waals surface area contributed by atoms with Crippen molar-refractivity contribution >= 4 is 11.9 Å². The van der Waals surface area contributed by atoms with Gasteiger partial charge in [0.2, 0.25) is 5.91 Å². The summed E-state index contributed by atoms with van der Waals surface area (Å²) < 4.78 is 5.57. The van der Waals surface area contributed by atoms with Crippen LogP contribution in [0.1, 0.15) is 38.5 Å². The molecule has 1 atom stereocenters. The Hall–Kier alpha value is -1.30. The van der Waals surface area contributed by atoms with E-state index in [1.54, 1.807) is 0 Å². The van der Waals surface area contributed by atoms with Crippen LogP contribution in [0.15, 0.2) is 0 Å². The van der Waals surface area contributed by atoms with E-state index in [-0.39, 0.29) is 23.3 Å². The quantitative estimate of drug-likeness (QED) is 0.731. The molecule has 6 nitrogen and oxygen atoms in total. The third-order valence-electron chi connectivity index (χ3n) is 6.50. The molecule has 0 aromatic heterocycles. The Morgan fingerprint density at radius 3 is 2.04 bits per heavy atom. The molecule has 0 aromatic rings. The van der Waals surface area contributed by atoms with Crippen LogP contribution in [0.2, 0.25) is 0 Å². The van der Waals surface area contributed by atoms with Gasteiger partial charge >= 0.3 is 6.03 Å². The third-order valence-corrected chi connectivity index (χ3v) is 6.50. The second-order valence-electron chi connectivity index (χ2n) is 7.92. The van der Waals surface area contributed by atoms with Crippen molar-refractivity contribution < 1.29 is 14.3 Å². The van der Waals surface area contributed by atoms with E-state index in [4.69, 9.17) is 4.74 Å². The number of carbonyl (C=O) groups excluding carboxylic acids is 2. The Labute approximate surface area is 144 Å². The normalized spacial score (nSPS) is 29.7. The summed E-state index contributed by atoms with van der Waals surface area (Å²) in [6.45, 7) is 6.29. The highest BCUT2D eigenvalue weighted by atomic mass is 16.5. The second kappa shape index (κ2) is 6.54. The Bertz CT molecular complexity index is 492. The summed E-state index contributed by atoms with van der Waals surface area (Å²) in [6, 6.07) is 0.148. The van der Waals surface area contributed by atoms with E-state index in [1.807, 2.05) is 14.7 Å². The summed E-state index contributed by atoms with van der Waals surface area (Å²) in [7, 11) is 0. The topological polar surface area (TPSA) is 53.1 Å². The number of likely N-dealkylation sites (tertiary alicyclic amines) is 3. The van der Waals surface area contributed by atoms with Crippen molar-refractivity contribution in [3.05, 3.63) is 0 Å². The number of hydrogen-bond donors (Lipinski definition) is 0. The lowest BCUT2D eigenvalue weighted by molar-refractivity contribution is -0.139. The Balaban J connectivity index is 1.53. The maximum absolute atomic E-state index is 13.1. The van der Waals surface area contributed by atoms with Gasteiger partial charge in [0.25, 0.3) is 0 Å². The zero-order valence-corrected chi connectivity index (χ0v) is 14.5. The average Bonchev–Trinajstić information content (AvgIpc) is 3.35. The molecule has 134 valence electrons. The molecule has 0 saturated carbocycles. The summed E-state index contributed by atoms with van der Waals surface area (Å²) in [4.78, 5) is 32.0. The van der Waals surface area contributed by atoms with Gasteiger partial charge in [-0.05, 0) is 38.5 Å². The van der Waals surface area contributed by atoms with E-state index in [2.05, 4.69) is 0 Å². The Morgan fingerprint density at radius 1 is 0.833 bits per heavy atom. The smallest absolute Gasteiger partial charge is 0.320 e. The minimum Gasteiger partial charge on any atom is -0.381 e. The van der Waals surface area contributed by atoms with Crippen LogP contribution >= 0.6 is 0 Å². The van der Waals surface area contributed by atoms with Gasteiger partial charge < -0.3 is 19.4 Å². The summed E-state index contributed by atoms with van der Waals surface area (Å²) in [5, 5.41) is 0. The number of ether oxygens (including phenoxy) is 1. The molecule has 0 aromatic carbocycles. The Morgan fingerprint density at radius 2 is 1.42 bits per heavy atom. The highest BCUT2D eigenvalue weighted by Crippen LogP contribution is 2.45. The SMILES string of the molecule is O=C(C1CN(C(=O)N2CCCC2)CC12CCOCC2)N1CCCC1. The first-order valence-electron chi connectivity index (χ1n) is 9.60. The average molecular weight is 335 g/mol. The number of urea groups is 1. The van der Waals surface area contributed by atoms with Gasteiger partial charge in [0.05, 0.1) is 5.92 Å². The molecule has 1 spiro atoms. The van der Waals surface area contributed by atoms with E-state index in [1.165, 1.54) is 0 Å². The van der Waals surface area contributed by atoms with E-state index >= 15 is 0 Å². The monoisotopic (exact) mass is 335 g/mol. The maximum atomic E-state index is 13.1. The van der Waals surface area contributed by atoms with E-state index < -0.39 is 0 Å². The van der Waals surface area contributed by atoms with Crippen molar-refractivity contribution in [1.29, 1.82) is 0 Å². The molecule has 4 rings (SSSR count). The minimum atomic E-state index is -0.0622. The minimum absolute atomic E-state index is 0.0361. The molecule has 4 heterocycles. The highest BCUT2D eigenvalue weighted by molar-refractivity contribution is 5.83. The number of rotatable bonds is 1. The highest BCUT2D eigenvalue weighted by Gasteiger charge is 2.53. The van der Waals surface area contributed by atoms with Crippen molar-refractivity contribution in [3.8, 4) is 0 Å². The molecule has 4 aliphatic heterocycles. The van der Waals surface area contributed by atoms with Crippen molar-refractivity contribution in [1.82, 2.24) is 14.7 Å². The van der Waals surface area contributed by atoms with Gasteiger partial charge in [-0.2, -0.15) is 0 Å². The summed E-state index contributed by atoms with van der Waals surface area (Å²) in [5.41, 5.74) is -0.0622. The Kier molecular flexibility index (Phi) is 4.41. The van der Waals surface area contributed by atoms with Gasteiger partial charge in [0.1, 0.15) is 0 Å². The van der Waals surface area contributed by atoms with Crippen LogP contribution in [-0.4, -0.2) is 79.1 Å². The molecule has 24 heavy (non-hydrogen) atoms. The molecule has 0 aliphatic carbocycles. The van der Waals surface area contributed by atoms with Gasteiger partial charge in [-0.25, -0.2) is 4.79 Å². The first-order chi connectivity index (χ1) is 11.7. The van der Waals surface area contributed by atoms with Crippen LogP contribution in [0.25, 0.3) is 0 Å². The van der Waals surface area contributed by atoms with Crippen molar-refractivity contribution in [3.63, 3.8) is 0 Å². The van der Waals surface area contributed by atoms with Gasteiger partial charge in [0, 0.05) is 57.9 Å². The zero-order valence-electron chi connectivity index (χ0n) is 14.5. The van der Waals surface area contributed by atoms with Crippen LogP contribution < -0.4 is 0 Å². The fourth-order valence-corrected chi connectivity index (χ4v) is 5.01. The summed E-state index contributed by atoms with van der Waals surface area (Å²) >= 11 is 0.